The second-order valence-electron chi connectivity index (χ2n) is 5.11. The fourth-order valence-electron chi connectivity index (χ4n) is 1.95. The molecule has 22 heavy (non-hydrogen) atoms. The van der Waals surface area contributed by atoms with Crippen molar-refractivity contribution < 1.29 is 4.74 Å². The highest BCUT2D eigenvalue weighted by Crippen LogP contribution is 2.18. The van der Waals surface area contributed by atoms with Crippen molar-refractivity contribution in [2.45, 2.75) is 31.4 Å². The summed E-state index contributed by atoms with van der Waals surface area (Å²) in [6.45, 7) is 4.78. The predicted molar refractivity (Wildman–Crippen MR) is 91.6 cm³/mol. The van der Waals surface area contributed by atoms with E-state index in [1.807, 2.05) is 24.3 Å². The van der Waals surface area contributed by atoms with Crippen molar-refractivity contribution in [2.24, 2.45) is 0 Å². The number of aromatic nitrogens is 2. The molecule has 0 aliphatic heterocycles. The molecule has 5 nitrogen and oxygen atoms in total. The summed E-state index contributed by atoms with van der Waals surface area (Å²) < 4.78 is 5.31. The largest absolute Gasteiger partial charge is 0.496 e. The third kappa shape index (κ3) is 4.80. The van der Waals surface area contributed by atoms with Gasteiger partial charge >= 0.3 is 0 Å². The lowest BCUT2D eigenvalue weighted by Crippen LogP contribution is -2.14. The summed E-state index contributed by atoms with van der Waals surface area (Å²) in [4.78, 5) is 18.9. The van der Waals surface area contributed by atoms with Gasteiger partial charge in [-0.1, -0.05) is 32.0 Å². The van der Waals surface area contributed by atoms with Crippen molar-refractivity contribution >= 4 is 17.7 Å². The number of benzene rings is 1. The third-order valence-corrected chi connectivity index (χ3v) is 4.13. The molecule has 2 rings (SSSR count). The minimum atomic E-state index is -0.142. The van der Waals surface area contributed by atoms with Gasteiger partial charge in [0.25, 0.3) is 5.56 Å². The zero-order valence-electron chi connectivity index (χ0n) is 13.1. The molecule has 118 valence electrons. The topological polar surface area (TPSA) is 67.0 Å². The van der Waals surface area contributed by atoms with E-state index in [-0.39, 0.29) is 5.56 Å². The van der Waals surface area contributed by atoms with Gasteiger partial charge in [-0.15, -0.1) is 0 Å². The van der Waals surface area contributed by atoms with Gasteiger partial charge in [0.15, 0.2) is 0 Å². The van der Waals surface area contributed by atoms with Gasteiger partial charge in [-0.2, -0.15) is 11.8 Å². The Morgan fingerprint density at radius 2 is 2.14 bits per heavy atom. The van der Waals surface area contributed by atoms with Crippen LogP contribution in [-0.4, -0.2) is 22.3 Å². The van der Waals surface area contributed by atoms with Crippen LogP contribution in [0.4, 0.5) is 5.95 Å². The molecular formula is C16H21N3O2S. The molecule has 0 saturated carbocycles. The molecule has 0 fully saturated rings. The maximum absolute atomic E-state index is 11.7. The molecule has 1 heterocycles. The molecule has 0 radical (unpaired) electrons. The fraction of sp³-hybridized carbons (Fsp3) is 0.375. The van der Waals surface area contributed by atoms with E-state index >= 15 is 0 Å². The highest BCUT2D eigenvalue weighted by molar-refractivity contribution is 7.99. The number of nitrogens with zero attached hydrogens (tertiary/aromatic N) is 1. The van der Waals surface area contributed by atoms with Crippen LogP contribution in [0.25, 0.3) is 0 Å². The van der Waals surface area contributed by atoms with Crippen molar-refractivity contribution in [3.8, 4) is 5.75 Å². The summed E-state index contributed by atoms with van der Waals surface area (Å²) in [5, 5.41) is 3.65. The monoisotopic (exact) mass is 319 g/mol. The van der Waals surface area contributed by atoms with E-state index in [1.165, 1.54) is 0 Å². The van der Waals surface area contributed by atoms with E-state index in [2.05, 4.69) is 29.1 Å². The van der Waals surface area contributed by atoms with Crippen molar-refractivity contribution in [1.29, 1.82) is 0 Å². The van der Waals surface area contributed by atoms with Gasteiger partial charge in [-0.3, -0.25) is 9.78 Å². The molecule has 1 aromatic carbocycles. The average molecular weight is 319 g/mol. The lowest BCUT2D eigenvalue weighted by atomic mass is 10.2. The first-order chi connectivity index (χ1) is 10.6. The third-order valence-electron chi connectivity index (χ3n) is 3.00. The van der Waals surface area contributed by atoms with Crippen LogP contribution in [0.1, 0.15) is 25.1 Å². The van der Waals surface area contributed by atoms with Gasteiger partial charge in [-0.05, 0) is 11.3 Å². The lowest BCUT2D eigenvalue weighted by Gasteiger charge is -2.10. The van der Waals surface area contributed by atoms with Gasteiger partial charge in [0, 0.05) is 23.9 Å². The lowest BCUT2D eigenvalue weighted by molar-refractivity contribution is 0.410. The summed E-state index contributed by atoms with van der Waals surface area (Å²) in [5.74, 6) is 2.02. The zero-order valence-corrected chi connectivity index (χ0v) is 13.9. The Labute approximate surface area is 134 Å². The number of hydrogen-bond acceptors (Lipinski definition) is 5. The molecule has 0 bridgehead atoms. The van der Waals surface area contributed by atoms with Gasteiger partial charge < -0.3 is 10.1 Å². The highest BCUT2D eigenvalue weighted by Gasteiger charge is 2.05. The fourth-order valence-corrected chi connectivity index (χ4v) is 2.60. The maximum Gasteiger partial charge on any atom is 0.252 e. The van der Waals surface area contributed by atoms with Crippen molar-refractivity contribution in [3.63, 3.8) is 0 Å². The number of anilines is 1. The Kier molecular flexibility index (Phi) is 5.89. The summed E-state index contributed by atoms with van der Waals surface area (Å²) in [6.07, 6.45) is 0. The van der Waals surface area contributed by atoms with Crippen LogP contribution in [0.2, 0.25) is 0 Å². The van der Waals surface area contributed by atoms with Crippen molar-refractivity contribution in [3.05, 3.63) is 51.9 Å². The maximum atomic E-state index is 11.7. The van der Waals surface area contributed by atoms with Crippen LogP contribution in [0, 0.1) is 0 Å². The Balaban J connectivity index is 2.07. The van der Waals surface area contributed by atoms with E-state index in [0.29, 0.717) is 17.7 Å². The first kappa shape index (κ1) is 16.4. The van der Waals surface area contributed by atoms with Crippen molar-refractivity contribution in [1.82, 2.24) is 9.97 Å². The van der Waals surface area contributed by atoms with Gasteiger partial charge in [0.2, 0.25) is 5.95 Å². The highest BCUT2D eigenvalue weighted by atomic mass is 32.2. The molecule has 0 saturated heterocycles. The van der Waals surface area contributed by atoms with Gasteiger partial charge in [0.1, 0.15) is 5.75 Å². The quantitative estimate of drug-likeness (QED) is 0.821. The molecule has 0 atom stereocenters. The number of thioether (sulfide) groups is 1. The second kappa shape index (κ2) is 7.89. The first-order valence-electron chi connectivity index (χ1n) is 7.16. The number of hydrogen-bond donors (Lipinski definition) is 2. The number of ether oxygens (including phenoxy) is 1. The number of methoxy groups -OCH3 is 1. The minimum absolute atomic E-state index is 0.142. The average Bonchev–Trinajstić information content (AvgIpc) is 2.50. The Hall–Kier alpha value is -1.95. The number of para-hydroxylation sites is 1. The van der Waals surface area contributed by atoms with Crippen LogP contribution in [-0.2, 0) is 12.3 Å². The van der Waals surface area contributed by atoms with Crippen LogP contribution in [0.15, 0.2) is 35.1 Å². The number of rotatable bonds is 7. The smallest absolute Gasteiger partial charge is 0.252 e. The van der Waals surface area contributed by atoms with E-state index < -0.39 is 0 Å². The molecule has 2 aromatic rings. The Morgan fingerprint density at radius 3 is 2.86 bits per heavy atom. The predicted octanol–water partition coefficient (Wildman–Crippen LogP) is 3.03. The molecule has 0 aliphatic rings. The van der Waals surface area contributed by atoms with Crippen LogP contribution in [0.5, 0.6) is 5.75 Å². The van der Waals surface area contributed by atoms with E-state index in [4.69, 9.17) is 4.74 Å². The summed E-state index contributed by atoms with van der Waals surface area (Å²) in [7, 11) is 1.64. The van der Waals surface area contributed by atoms with Crippen LogP contribution in [0.3, 0.4) is 0 Å². The Bertz CT molecular complexity index is 670. The molecule has 0 amide bonds. The van der Waals surface area contributed by atoms with Crippen molar-refractivity contribution in [2.75, 3.05) is 12.4 Å². The van der Waals surface area contributed by atoms with Crippen LogP contribution >= 0.6 is 11.8 Å². The van der Waals surface area contributed by atoms with E-state index in [9.17, 15) is 4.79 Å². The molecular weight excluding hydrogens is 298 g/mol. The standard InChI is InChI=1S/C16H21N3O2S/c1-11(2)22-10-13-8-15(20)19-16(18-13)17-9-12-6-4-5-7-14(12)21-3/h4-8,11H,9-10H2,1-3H3,(H2,17,18,19,20). The second-order valence-corrected chi connectivity index (χ2v) is 6.68. The molecule has 0 spiro atoms. The number of H-pyrrole nitrogens is 1. The van der Waals surface area contributed by atoms with E-state index in [1.54, 1.807) is 24.9 Å². The molecule has 1 aromatic heterocycles. The molecule has 2 N–H and O–H groups in total. The summed E-state index contributed by atoms with van der Waals surface area (Å²) in [6, 6.07) is 9.30. The van der Waals surface area contributed by atoms with Gasteiger partial charge in [-0.25, -0.2) is 4.98 Å². The minimum Gasteiger partial charge on any atom is -0.496 e. The zero-order chi connectivity index (χ0) is 15.9. The molecule has 6 heteroatoms. The first-order valence-corrected chi connectivity index (χ1v) is 8.21. The molecule has 0 aliphatic carbocycles. The Morgan fingerprint density at radius 1 is 1.36 bits per heavy atom. The number of nitrogens with one attached hydrogen (secondary N) is 2. The van der Waals surface area contributed by atoms with E-state index in [0.717, 1.165) is 22.8 Å². The SMILES string of the molecule is COc1ccccc1CNc1nc(CSC(C)C)cc(=O)[nH]1. The normalized spacial score (nSPS) is 10.7. The summed E-state index contributed by atoms with van der Waals surface area (Å²) >= 11 is 1.76. The number of aromatic amines is 1. The van der Waals surface area contributed by atoms with Gasteiger partial charge in [0.05, 0.1) is 12.8 Å². The summed E-state index contributed by atoms with van der Waals surface area (Å²) in [5.41, 5.74) is 1.65. The molecule has 0 unspecified atom stereocenters. The van der Waals surface area contributed by atoms with Crippen LogP contribution < -0.4 is 15.6 Å².